The molecule has 0 unspecified atom stereocenters. The lowest BCUT2D eigenvalue weighted by atomic mass is 10.1. The number of unbranched alkanes of at least 4 members (excludes halogenated alkanes) is 1. The van der Waals surface area contributed by atoms with Crippen LogP contribution in [0.25, 0.3) is 0 Å². The van der Waals surface area contributed by atoms with Gasteiger partial charge in [0.25, 0.3) is 11.8 Å². The molecule has 2 aromatic rings. The van der Waals surface area contributed by atoms with E-state index < -0.39 is 0 Å². The van der Waals surface area contributed by atoms with Crippen LogP contribution in [0.4, 0.5) is 5.69 Å². The molecule has 0 atom stereocenters. The van der Waals surface area contributed by atoms with Gasteiger partial charge >= 0.3 is 0 Å². The highest BCUT2D eigenvalue weighted by molar-refractivity contribution is 6.06. The summed E-state index contributed by atoms with van der Waals surface area (Å²) in [6.45, 7) is 4.10. The smallest absolute Gasteiger partial charge is 0.269 e. The third-order valence-electron chi connectivity index (χ3n) is 3.62. The summed E-state index contributed by atoms with van der Waals surface area (Å²) >= 11 is 0. The summed E-state index contributed by atoms with van der Waals surface area (Å²) in [7, 11) is 0. The van der Waals surface area contributed by atoms with E-state index >= 15 is 0 Å². The molecule has 0 fully saturated rings. The molecule has 0 bridgehead atoms. The second kappa shape index (κ2) is 8.73. The van der Waals surface area contributed by atoms with Gasteiger partial charge in [0.05, 0.1) is 0 Å². The predicted octanol–water partition coefficient (Wildman–Crippen LogP) is 3.07. The van der Waals surface area contributed by atoms with Crippen molar-refractivity contribution in [3.63, 3.8) is 0 Å². The van der Waals surface area contributed by atoms with Crippen molar-refractivity contribution in [2.45, 2.75) is 26.7 Å². The molecular formula is C19H21N3O3. The van der Waals surface area contributed by atoms with Crippen molar-refractivity contribution in [3.8, 4) is 0 Å². The Morgan fingerprint density at radius 2 is 1.72 bits per heavy atom. The minimum atomic E-state index is -0.347. The molecule has 6 nitrogen and oxygen atoms in total. The third kappa shape index (κ3) is 5.24. The Morgan fingerprint density at radius 1 is 1.00 bits per heavy atom. The molecule has 0 aliphatic rings. The maximum absolute atomic E-state index is 12.3. The molecule has 130 valence electrons. The van der Waals surface area contributed by atoms with Crippen LogP contribution in [0.15, 0.2) is 42.6 Å². The van der Waals surface area contributed by atoms with Crippen molar-refractivity contribution in [1.82, 2.24) is 10.3 Å². The SMILES string of the molecule is CCCCNC(=O)c1cc(C(=O)Nc2ccc(C(C)=O)cc2)ccn1. The van der Waals surface area contributed by atoms with E-state index in [4.69, 9.17) is 0 Å². The first-order valence-corrected chi connectivity index (χ1v) is 8.18. The second-order valence-corrected chi connectivity index (χ2v) is 5.63. The van der Waals surface area contributed by atoms with Gasteiger partial charge < -0.3 is 10.6 Å². The maximum Gasteiger partial charge on any atom is 0.269 e. The van der Waals surface area contributed by atoms with Crippen LogP contribution >= 0.6 is 0 Å². The number of anilines is 1. The van der Waals surface area contributed by atoms with E-state index in [-0.39, 0.29) is 23.3 Å². The predicted molar refractivity (Wildman–Crippen MR) is 95.9 cm³/mol. The molecule has 0 aliphatic heterocycles. The molecule has 2 N–H and O–H groups in total. The topological polar surface area (TPSA) is 88.2 Å². The Morgan fingerprint density at radius 3 is 2.36 bits per heavy atom. The zero-order chi connectivity index (χ0) is 18.2. The molecule has 0 spiro atoms. The lowest BCUT2D eigenvalue weighted by Gasteiger charge is -2.07. The number of carbonyl (C=O) groups excluding carboxylic acids is 3. The number of hydrogen-bond donors (Lipinski definition) is 2. The van der Waals surface area contributed by atoms with Gasteiger partial charge in [-0.2, -0.15) is 0 Å². The standard InChI is InChI=1S/C19H21N3O3/c1-3-4-10-21-19(25)17-12-15(9-11-20-17)18(24)22-16-7-5-14(6-8-16)13(2)23/h5-9,11-12H,3-4,10H2,1-2H3,(H,21,25)(H,22,24). The lowest BCUT2D eigenvalue weighted by molar-refractivity contribution is 0.0947. The van der Waals surface area contributed by atoms with Gasteiger partial charge in [-0.05, 0) is 49.7 Å². The second-order valence-electron chi connectivity index (χ2n) is 5.63. The van der Waals surface area contributed by atoms with Crippen LogP contribution in [-0.2, 0) is 0 Å². The number of pyridine rings is 1. The molecule has 0 saturated heterocycles. The normalized spacial score (nSPS) is 10.2. The number of hydrogen-bond acceptors (Lipinski definition) is 4. The van der Waals surface area contributed by atoms with Gasteiger partial charge in [0.1, 0.15) is 5.69 Å². The van der Waals surface area contributed by atoms with Crippen molar-refractivity contribution in [3.05, 3.63) is 59.4 Å². The number of Topliss-reactive ketones (excluding diaryl/α,β-unsaturated/α-hetero) is 1. The van der Waals surface area contributed by atoms with Gasteiger partial charge in [-0.1, -0.05) is 13.3 Å². The summed E-state index contributed by atoms with van der Waals surface area (Å²) in [6.07, 6.45) is 3.31. The molecule has 1 heterocycles. The minimum absolute atomic E-state index is 0.0364. The molecule has 2 amide bonds. The Bertz CT molecular complexity index is 770. The summed E-state index contributed by atoms with van der Waals surface area (Å²) < 4.78 is 0. The number of aromatic nitrogens is 1. The fourth-order valence-electron chi connectivity index (χ4n) is 2.16. The van der Waals surface area contributed by atoms with Gasteiger partial charge in [-0.3, -0.25) is 19.4 Å². The highest BCUT2D eigenvalue weighted by Gasteiger charge is 2.12. The largest absolute Gasteiger partial charge is 0.351 e. The molecule has 0 radical (unpaired) electrons. The molecule has 6 heteroatoms. The fourth-order valence-corrected chi connectivity index (χ4v) is 2.16. The average Bonchev–Trinajstić information content (AvgIpc) is 2.62. The monoisotopic (exact) mass is 339 g/mol. The number of carbonyl (C=O) groups is 3. The highest BCUT2D eigenvalue weighted by Crippen LogP contribution is 2.12. The summed E-state index contributed by atoms with van der Waals surface area (Å²) in [5.74, 6) is -0.680. The van der Waals surface area contributed by atoms with Crippen molar-refractivity contribution in [2.24, 2.45) is 0 Å². The van der Waals surface area contributed by atoms with Crippen LogP contribution in [-0.4, -0.2) is 29.1 Å². The van der Waals surface area contributed by atoms with Gasteiger partial charge in [0, 0.05) is 29.6 Å². The number of rotatable bonds is 7. The van der Waals surface area contributed by atoms with Gasteiger partial charge in [0.2, 0.25) is 0 Å². The van der Waals surface area contributed by atoms with Crippen LogP contribution in [0.5, 0.6) is 0 Å². The summed E-state index contributed by atoms with van der Waals surface area (Å²) in [4.78, 5) is 39.6. The average molecular weight is 339 g/mol. The van der Waals surface area contributed by atoms with E-state index in [0.29, 0.717) is 23.4 Å². The number of nitrogens with zero attached hydrogens (tertiary/aromatic N) is 1. The van der Waals surface area contributed by atoms with Crippen LogP contribution in [0.2, 0.25) is 0 Å². The van der Waals surface area contributed by atoms with Gasteiger partial charge in [-0.15, -0.1) is 0 Å². The molecule has 25 heavy (non-hydrogen) atoms. The molecule has 1 aromatic carbocycles. The number of nitrogens with one attached hydrogen (secondary N) is 2. The van der Waals surface area contributed by atoms with Crippen molar-refractivity contribution < 1.29 is 14.4 Å². The summed E-state index contributed by atoms with van der Waals surface area (Å²) in [5.41, 5.74) is 1.69. The van der Waals surface area contributed by atoms with Crippen molar-refractivity contribution in [2.75, 3.05) is 11.9 Å². The van der Waals surface area contributed by atoms with Crippen LogP contribution < -0.4 is 10.6 Å². The molecule has 0 aliphatic carbocycles. The Labute approximate surface area is 146 Å². The van der Waals surface area contributed by atoms with Crippen LogP contribution in [0, 0.1) is 0 Å². The molecule has 0 saturated carbocycles. The zero-order valence-electron chi connectivity index (χ0n) is 14.3. The first-order chi connectivity index (χ1) is 12.0. The van der Waals surface area contributed by atoms with Crippen molar-refractivity contribution >= 4 is 23.3 Å². The van der Waals surface area contributed by atoms with E-state index in [1.807, 2.05) is 6.92 Å². The van der Waals surface area contributed by atoms with E-state index in [1.54, 1.807) is 30.3 Å². The summed E-state index contributed by atoms with van der Waals surface area (Å²) in [5, 5.41) is 5.50. The Kier molecular flexibility index (Phi) is 6.39. The Balaban J connectivity index is 2.05. The quantitative estimate of drug-likeness (QED) is 0.599. The van der Waals surface area contributed by atoms with Crippen molar-refractivity contribution in [1.29, 1.82) is 0 Å². The van der Waals surface area contributed by atoms with Gasteiger partial charge in [-0.25, -0.2) is 0 Å². The fraction of sp³-hybridized carbons (Fsp3) is 0.263. The van der Waals surface area contributed by atoms with Crippen LogP contribution in [0.1, 0.15) is 57.9 Å². The number of benzene rings is 1. The first kappa shape index (κ1) is 18.3. The zero-order valence-corrected chi connectivity index (χ0v) is 14.3. The van der Waals surface area contributed by atoms with Crippen LogP contribution in [0.3, 0.4) is 0 Å². The van der Waals surface area contributed by atoms with E-state index in [2.05, 4.69) is 15.6 Å². The summed E-state index contributed by atoms with van der Waals surface area (Å²) in [6, 6.07) is 9.62. The highest BCUT2D eigenvalue weighted by atomic mass is 16.2. The van der Waals surface area contributed by atoms with E-state index in [0.717, 1.165) is 12.8 Å². The third-order valence-corrected chi connectivity index (χ3v) is 3.62. The maximum atomic E-state index is 12.3. The number of ketones is 1. The first-order valence-electron chi connectivity index (χ1n) is 8.18. The van der Waals surface area contributed by atoms with Gasteiger partial charge in [0.15, 0.2) is 5.78 Å². The number of amides is 2. The minimum Gasteiger partial charge on any atom is -0.351 e. The molecule has 1 aromatic heterocycles. The molecule has 2 rings (SSSR count). The lowest BCUT2D eigenvalue weighted by Crippen LogP contribution is -2.25. The molecular weight excluding hydrogens is 318 g/mol. The Hall–Kier alpha value is -3.02. The van der Waals surface area contributed by atoms with E-state index in [9.17, 15) is 14.4 Å². The van der Waals surface area contributed by atoms with E-state index in [1.165, 1.54) is 19.2 Å².